The zero-order valence-corrected chi connectivity index (χ0v) is 12.2. The molecule has 0 saturated carbocycles. The Labute approximate surface area is 123 Å². The Balaban J connectivity index is 2.19. The number of oxime groups is 1. The van der Waals surface area contributed by atoms with E-state index >= 15 is 0 Å². The van der Waals surface area contributed by atoms with Crippen LogP contribution in [0.1, 0.15) is 33.6 Å². The predicted molar refractivity (Wildman–Crippen MR) is 75.1 cm³/mol. The topological polar surface area (TPSA) is 45.5 Å². The minimum Gasteiger partial charge on any atom is -0.411 e. The van der Waals surface area contributed by atoms with Crippen LogP contribution in [-0.4, -0.2) is 15.9 Å². The Kier molecular flexibility index (Phi) is 4.32. The van der Waals surface area contributed by atoms with Crippen molar-refractivity contribution in [2.24, 2.45) is 5.16 Å². The fourth-order valence-electron chi connectivity index (χ4n) is 1.90. The molecule has 7 heteroatoms. The first-order chi connectivity index (χ1) is 9.81. The molecule has 0 fully saturated rings. The van der Waals surface area contributed by atoms with Crippen molar-refractivity contribution in [2.75, 3.05) is 0 Å². The lowest BCUT2D eigenvalue weighted by atomic mass is 10.1. The summed E-state index contributed by atoms with van der Waals surface area (Å²) in [5.74, 6) is 0. The fraction of sp³-hybridized carbons (Fsp3) is 0.286. The summed E-state index contributed by atoms with van der Waals surface area (Å²) >= 11 is 1.37. The SMILES string of the molecule is CC(=NO)c1sc(Cc2ccc(C(F)(F)F)cc2)nc1C. The highest BCUT2D eigenvalue weighted by Gasteiger charge is 2.29. The first-order valence-corrected chi connectivity index (χ1v) is 6.94. The van der Waals surface area contributed by atoms with Gasteiger partial charge in [-0.3, -0.25) is 0 Å². The molecule has 0 spiro atoms. The van der Waals surface area contributed by atoms with E-state index in [1.54, 1.807) is 13.8 Å². The number of nitrogens with zero attached hydrogens (tertiary/aromatic N) is 2. The summed E-state index contributed by atoms with van der Waals surface area (Å²) < 4.78 is 37.5. The maximum atomic E-state index is 12.5. The van der Waals surface area contributed by atoms with Crippen molar-refractivity contribution in [3.63, 3.8) is 0 Å². The van der Waals surface area contributed by atoms with E-state index in [1.807, 2.05) is 0 Å². The quantitative estimate of drug-likeness (QED) is 0.523. The van der Waals surface area contributed by atoms with E-state index in [1.165, 1.54) is 23.5 Å². The number of hydrogen-bond acceptors (Lipinski definition) is 4. The largest absolute Gasteiger partial charge is 0.416 e. The molecule has 1 aromatic carbocycles. The zero-order valence-electron chi connectivity index (χ0n) is 11.4. The smallest absolute Gasteiger partial charge is 0.411 e. The highest BCUT2D eigenvalue weighted by molar-refractivity contribution is 7.13. The second-order valence-electron chi connectivity index (χ2n) is 4.58. The lowest BCUT2D eigenvalue weighted by Crippen LogP contribution is -2.04. The van der Waals surface area contributed by atoms with Crippen LogP contribution in [-0.2, 0) is 12.6 Å². The maximum Gasteiger partial charge on any atom is 0.416 e. The van der Waals surface area contributed by atoms with Crippen LogP contribution in [0, 0.1) is 6.92 Å². The molecule has 0 aliphatic heterocycles. The van der Waals surface area contributed by atoms with Crippen LogP contribution in [0.25, 0.3) is 0 Å². The summed E-state index contributed by atoms with van der Waals surface area (Å²) in [6.07, 6.45) is -3.87. The van der Waals surface area contributed by atoms with Gasteiger partial charge in [0.2, 0.25) is 0 Å². The second-order valence-corrected chi connectivity index (χ2v) is 5.66. The molecule has 2 aromatic rings. The van der Waals surface area contributed by atoms with Crippen molar-refractivity contribution in [3.8, 4) is 0 Å². The van der Waals surface area contributed by atoms with Gasteiger partial charge in [0.15, 0.2) is 0 Å². The number of alkyl halides is 3. The molecule has 1 heterocycles. The molecule has 0 bridgehead atoms. The molecule has 2 rings (SSSR count). The average Bonchev–Trinajstić information content (AvgIpc) is 2.78. The third-order valence-electron chi connectivity index (χ3n) is 2.96. The van der Waals surface area contributed by atoms with Gasteiger partial charge in [0.05, 0.1) is 26.9 Å². The van der Waals surface area contributed by atoms with E-state index < -0.39 is 11.7 Å². The Bertz CT molecular complexity index is 660. The van der Waals surface area contributed by atoms with Gasteiger partial charge in [-0.1, -0.05) is 17.3 Å². The van der Waals surface area contributed by atoms with Gasteiger partial charge in [-0.2, -0.15) is 13.2 Å². The van der Waals surface area contributed by atoms with Crippen LogP contribution in [0.4, 0.5) is 13.2 Å². The minimum absolute atomic E-state index is 0.447. The van der Waals surface area contributed by atoms with Crippen LogP contribution in [0.5, 0.6) is 0 Å². The van der Waals surface area contributed by atoms with Crippen LogP contribution in [0.15, 0.2) is 29.4 Å². The van der Waals surface area contributed by atoms with Gasteiger partial charge < -0.3 is 5.21 Å². The molecule has 0 aliphatic rings. The van der Waals surface area contributed by atoms with Gasteiger partial charge in [0, 0.05) is 6.42 Å². The summed E-state index contributed by atoms with van der Waals surface area (Å²) in [6.45, 7) is 3.47. The molecular formula is C14H13F3N2OS. The average molecular weight is 314 g/mol. The minimum atomic E-state index is -4.32. The number of rotatable bonds is 3. The lowest BCUT2D eigenvalue weighted by Gasteiger charge is -2.06. The number of halogens is 3. The van der Waals surface area contributed by atoms with Crippen molar-refractivity contribution in [2.45, 2.75) is 26.4 Å². The summed E-state index contributed by atoms with van der Waals surface area (Å²) in [4.78, 5) is 5.13. The first kappa shape index (κ1) is 15.5. The van der Waals surface area contributed by atoms with Crippen LogP contribution < -0.4 is 0 Å². The highest BCUT2D eigenvalue weighted by atomic mass is 32.1. The molecule has 0 saturated heterocycles. The van der Waals surface area contributed by atoms with Gasteiger partial charge in [-0.05, 0) is 31.5 Å². The molecule has 1 aromatic heterocycles. The molecule has 0 unspecified atom stereocenters. The summed E-state index contributed by atoms with van der Waals surface area (Å²) in [7, 11) is 0. The Morgan fingerprint density at radius 1 is 1.29 bits per heavy atom. The van der Waals surface area contributed by atoms with E-state index in [9.17, 15) is 13.2 Å². The highest BCUT2D eigenvalue weighted by Crippen LogP contribution is 2.29. The van der Waals surface area contributed by atoms with Gasteiger partial charge in [-0.15, -0.1) is 11.3 Å². The third kappa shape index (κ3) is 3.60. The number of hydrogen-bond donors (Lipinski definition) is 1. The molecule has 112 valence electrons. The molecule has 0 atom stereocenters. The molecule has 1 N–H and O–H groups in total. The molecule has 0 aliphatic carbocycles. The Hall–Kier alpha value is -1.89. The van der Waals surface area contributed by atoms with E-state index in [2.05, 4.69) is 10.1 Å². The van der Waals surface area contributed by atoms with Crippen LogP contribution >= 0.6 is 11.3 Å². The van der Waals surface area contributed by atoms with Gasteiger partial charge in [0.1, 0.15) is 0 Å². The Morgan fingerprint density at radius 3 is 2.43 bits per heavy atom. The van der Waals surface area contributed by atoms with Gasteiger partial charge in [-0.25, -0.2) is 4.98 Å². The number of aryl methyl sites for hydroxylation is 1. The first-order valence-electron chi connectivity index (χ1n) is 6.12. The molecular weight excluding hydrogens is 301 g/mol. The van der Waals surface area contributed by atoms with Crippen LogP contribution in [0.2, 0.25) is 0 Å². The van der Waals surface area contributed by atoms with Crippen molar-refractivity contribution in [1.29, 1.82) is 0 Å². The molecule has 0 amide bonds. The van der Waals surface area contributed by atoms with E-state index in [-0.39, 0.29) is 0 Å². The molecule has 3 nitrogen and oxygen atoms in total. The van der Waals surface area contributed by atoms with E-state index in [4.69, 9.17) is 5.21 Å². The monoisotopic (exact) mass is 314 g/mol. The summed E-state index contributed by atoms with van der Waals surface area (Å²) in [5, 5.41) is 12.7. The summed E-state index contributed by atoms with van der Waals surface area (Å²) in [5.41, 5.74) is 1.31. The predicted octanol–water partition coefficient (Wildman–Crippen LogP) is 4.26. The van der Waals surface area contributed by atoms with Crippen molar-refractivity contribution in [1.82, 2.24) is 4.98 Å². The zero-order chi connectivity index (χ0) is 15.6. The van der Waals surface area contributed by atoms with Crippen molar-refractivity contribution >= 4 is 17.0 Å². The van der Waals surface area contributed by atoms with Crippen molar-refractivity contribution < 1.29 is 18.4 Å². The summed E-state index contributed by atoms with van der Waals surface area (Å²) in [6, 6.07) is 5.03. The lowest BCUT2D eigenvalue weighted by molar-refractivity contribution is -0.137. The standard InChI is InChI=1S/C14H13F3N2OS/c1-8-13(9(2)19-20)21-12(18-8)7-10-3-5-11(6-4-10)14(15,16)17/h3-6,20H,7H2,1-2H3. The number of aromatic nitrogens is 1. The Morgan fingerprint density at radius 2 is 1.90 bits per heavy atom. The molecule has 0 radical (unpaired) electrons. The number of benzene rings is 1. The number of thiazole rings is 1. The third-order valence-corrected chi connectivity index (χ3v) is 4.22. The van der Waals surface area contributed by atoms with E-state index in [0.29, 0.717) is 12.1 Å². The second kappa shape index (κ2) is 5.85. The van der Waals surface area contributed by atoms with Gasteiger partial charge in [0.25, 0.3) is 0 Å². The van der Waals surface area contributed by atoms with Gasteiger partial charge >= 0.3 is 6.18 Å². The van der Waals surface area contributed by atoms with Crippen LogP contribution in [0.3, 0.4) is 0 Å². The normalized spacial score (nSPS) is 12.7. The van der Waals surface area contributed by atoms with E-state index in [0.717, 1.165) is 33.3 Å². The maximum absolute atomic E-state index is 12.5. The molecule has 21 heavy (non-hydrogen) atoms. The van der Waals surface area contributed by atoms with Crippen molar-refractivity contribution in [3.05, 3.63) is 51.0 Å². The fourth-order valence-corrected chi connectivity index (χ4v) is 2.93.